The Balaban J connectivity index is 3.42. The number of carboxylic acid groups (broad SMARTS) is 1. The van der Waals surface area contributed by atoms with Gasteiger partial charge in [0.25, 0.3) is 0 Å². The lowest BCUT2D eigenvalue weighted by Crippen LogP contribution is -2.28. The number of hydrogen-bond donors (Lipinski definition) is 4. The summed E-state index contributed by atoms with van der Waals surface area (Å²) < 4.78 is 11.6. The first-order valence-electron chi connectivity index (χ1n) is 5.85. The zero-order chi connectivity index (χ0) is 14.7. The fraction of sp³-hybridized carbons (Fsp3) is 0.417. The number of unbranched alkanes of at least 4 members (excludes halogenated alkanes) is 1. The largest absolute Gasteiger partial charge is 0.478 e. The molecule has 19 heavy (non-hydrogen) atoms. The normalized spacial score (nSPS) is 14.9. The molecule has 0 saturated carbocycles. The molecule has 1 aromatic rings. The molecule has 1 aromatic carbocycles. The summed E-state index contributed by atoms with van der Waals surface area (Å²) in [6.45, 7) is 1.81. The van der Waals surface area contributed by atoms with Crippen LogP contribution < -0.4 is 0 Å². The van der Waals surface area contributed by atoms with Crippen molar-refractivity contribution in [3.05, 3.63) is 35.4 Å². The van der Waals surface area contributed by atoms with Crippen molar-refractivity contribution in [3.8, 4) is 0 Å². The van der Waals surface area contributed by atoms with Crippen molar-refractivity contribution in [2.75, 3.05) is 0 Å². The highest BCUT2D eigenvalue weighted by Crippen LogP contribution is 2.58. The maximum absolute atomic E-state index is 11.6. The SMILES string of the molecule is CCCCC(O)(c1ccccc1C(=O)O)P(=O)(O)O. The van der Waals surface area contributed by atoms with Crippen LogP contribution >= 0.6 is 7.60 Å². The lowest BCUT2D eigenvalue weighted by atomic mass is 9.98. The van der Waals surface area contributed by atoms with E-state index >= 15 is 0 Å². The summed E-state index contributed by atoms with van der Waals surface area (Å²) in [6, 6.07) is 5.32. The maximum Gasteiger partial charge on any atom is 0.361 e. The average molecular weight is 288 g/mol. The molecule has 0 spiro atoms. The Kier molecular flexibility index (Phi) is 4.87. The molecule has 0 aliphatic carbocycles. The van der Waals surface area contributed by atoms with E-state index < -0.39 is 18.9 Å². The van der Waals surface area contributed by atoms with Gasteiger partial charge in [-0.2, -0.15) is 0 Å². The van der Waals surface area contributed by atoms with Gasteiger partial charge in [0.05, 0.1) is 5.56 Å². The highest BCUT2D eigenvalue weighted by molar-refractivity contribution is 7.52. The first-order chi connectivity index (χ1) is 8.74. The van der Waals surface area contributed by atoms with Gasteiger partial charge >= 0.3 is 13.6 Å². The molecule has 0 bridgehead atoms. The van der Waals surface area contributed by atoms with E-state index in [1.165, 1.54) is 24.3 Å². The fourth-order valence-electron chi connectivity index (χ4n) is 1.88. The molecule has 0 fully saturated rings. The van der Waals surface area contributed by atoms with Crippen LogP contribution in [0.4, 0.5) is 0 Å². The van der Waals surface area contributed by atoms with Crippen LogP contribution in [0.3, 0.4) is 0 Å². The Labute approximate surface area is 110 Å². The molecule has 7 heteroatoms. The smallest absolute Gasteiger partial charge is 0.361 e. The lowest BCUT2D eigenvalue weighted by Gasteiger charge is -2.30. The van der Waals surface area contributed by atoms with Crippen LogP contribution in [-0.4, -0.2) is 26.0 Å². The maximum atomic E-state index is 11.6. The standard InChI is InChI=1S/C12H17O6P/c1-2-3-8-12(15,19(16,17)18)10-7-5-4-6-9(10)11(13)14/h4-7,15H,2-3,8H2,1H3,(H,13,14)(H2,16,17,18). The van der Waals surface area contributed by atoms with Gasteiger partial charge in [0.1, 0.15) is 0 Å². The predicted molar refractivity (Wildman–Crippen MR) is 68.9 cm³/mol. The van der Waals surface area contributed by atoms with Crippen LogP contribution in [0.25, 0.3) is 0 Å². The zero-order valence-corrected chi connectivity index (χ0v) is 11.4. The highest BCUT2D eigenvalue weighted by Gasteiger charge is 2.47. The fourth-order valence-corrected chi connectivity index (χ4v) is 2.84. The van der Waals surface area contributed by atoms with E-state index in [4.69, 9.17) is 5.11 Å². The van der Waals surface area contributed by atoms with Crippen molar-refractivity contribution in [3.63, 3.8) is 0 Å². The van der Waals surface area contributed by atoms with E-state index in [0.717, 1.165) is 0 Å². The third kappa shape index (κ3) is 3.22. The van der Waals surface area contributed by atoms with Gasteiger partial charge in [-0.05, 0) is 18.9 Å². The summed E-state index contributed by atoms with van der Waals surface area (Å²) in [6.07, 6.45) is 0.797. The third-order valence-electron chi connectivity index (χ3n) is 2.95. The Morgan fingerprint density at radius 2 is 1.89 bits per heavy atom. The van der Waals surface area contributed by atoms with Gasteiger partial charge in [0.15, 0.2) is 5.34 Å². The van der Waals surface area contributed by atoms with Crippen molar-refractivity contribution in [1.29, 1.82) is 0 Å². The predicted octanol–water partition coefficient (Wildman–Crippen LogP) is 1.90. The minimum Gasteiger partial charge on any atom is -0.478 e. The van der Waals surface area contributed by atoms with Crippen LogP contribution in [0.5, 0.6) is 0 Å². The average Bonchev–Trinajstić information content (AvgIpc) is 2.34. The van der Waals surface area contributed by atoms with Crippen molar-refractivity contribution in [1.82, 2.24) is 0 Å². The van der Waals surface area contributed by atoms with Crippen LogP contribution in [-0.2, 0) is 9.91 Å². The molecule has 1 rings (SSSR count). The van der Waals surface area contributed by atoms with Gasteiger partial charge in [-0.15, -0.1) is 0 Å². The van der Waals surface area contributed by atoms with Gasteiger partial charge in [-0.3, -0.25) is 4.57 Å². The van der Waals surface area contributed by atoms with Crippen molar-refractivity contribution in [2.45, 2.75) is 31.5 Å². The summed E-state index contributed by atoms with van der Waals surface area (Å²) in [5, 5.41) is 16.9. The zero-order valence-electron chi connectivity index (χ0n) is 10.5. The summed E-state index contributed by atoms with van der Waals surface area (Å²) >= 11 is 0. The first-order valence-corrected chi connectivity index (χ1v) is 7.46. The summed E-state index contributed by atoms with van der Waals surface area (Å²) in [7, 11) is -4.91. The van der Waals surface area contributed by atoms with Crippen LogP contribution in [0.2, 0.25) is 0 Å². The molecule has 6 nitrogen and oxygen atoms in total. The quantitative estimate of drug-likeness (QED) is 0.594. The van der Waals surface area contributed by atoms with Gasteiger partial charge in [0.2, 0.25) is 0 Å². The first kappa shape index (κ1) is 15.9. The summed E-state index contributed by atoms with van der Waals surface area (Å²) in [5.74, 6) is -1.33. The van der Waals surface area contributed by atoms with Gasteiger partial charge in [-0.25, -0.2) is 4.79 Å². The Morgan fingerprint density at radius 1 is 1.32 bits per heavy atom. The molecule has 0 saturated heterocycles. The molecule has 1 unspecified atom stereocenters. The van der Waals surface area contributed by atoms with Gasteiger partial charge < -0.3 is 20.0 Å². The van der Waals surface area contributed by atoms with Gasteiger partial charge in [0, 0.05) is 5.56 Å². The second-order valence-electron chi connectivity index (χ2n) is 4.31. The van der Waals surface area contributed by atoms with Crippen molar-refractivity contribution >= 4 is 13.6 Å². The molecule has 0 amide bonds. The highest BCUT2D eigenvalue weighted by atomic mass is 31.2. The molecule has 106 valence electrons. The molecule has 0 aliphatic heterocycles. The van der Waals surface area contributed by atoms with E-state index in [1.807, 2.05) is 6.92 Å². The number of rotatable bonds is 6. The number of aliphatic hydroxyl groups is 1. The summed E-state index contributed by atoms with van der Waals surface area (Å²) in [5.41, 5.74) is -0.547. The van der Waals surface area contributed by atoms with E-state index in [0.29, 0.717) is 12.8 Å². The van der Waals surface area contributed by atoms with Crippen LogP contribution in [0.15, 0.2) is 24.3 Å². The monoisotopic (exact) mass is 288 g/mol. The second-order valence-corrected chi connectivity index (χ2v) is 6.14. The number of aromatic carboxylic acids is 1. The molecular weight excluding hydrogens is 271 g/mol. The third-order valence-corrected chi connectivity index (χ3v) is 4.38. The van der Waals surface area contributed by atoms with E-state index in [9.17, 15) is 24.3 Å². The second kappa shape index (κ2) is 5.84. The van der Waals surface area contributed by atoms with Crippen molar-refractivity contribution < 1.29 is 29.4 Å². The van der Waals surface area contributed by atoms with E-state index in [2.05, 4.69) is 0 Å². The molecule has 0 heterocycles. The molecule has 1 atom stereocenters. The topological polar surface area (TPSA) is 115 Å². The Morgan fingerprint density at radius 3 is 2.37 bits per heavy atom. The summed E-state index contributed by atoms with van der Waals surface area (Å²) in [4.78, 5) is 29.9. The van der Waals surface area contributed by atoms with E-state index in [-0.39, 0.29) is 17.5 Å². The van der Waals surface area contributed by atoms with Gasteiger partial charge in [-0.1, -0.05) is 31.5 Å². The molecule has 0 aliphatic rings. The molecule has 0 radical (unpaired) electrons. The van der Waals surface area contributed by atoms with Crippen LogP contribution in [0, 0.1) is 0 Å². The number of carboxylic acids is 1. The molecule has 4 N–H and O–H groups in total. The Hall–Kier alpha value is -1.20. The minimum atomic E-state index is -4.91. The number of carbonyl (C=O) groups is 1. The minimum absolute atomic E-state index is 0.196. The number of hydrogen-bond acceptors (Lipinski definition) is 3. The van der Waals surface area contributed by atoms with E-state index in [1.54, 1.807) is 0 Å². The van der Waals surface area contributed by atoms with Crippen molar-refractivity contribution in [2.24, 2.45) is 0 Å². The Bertz CT molecular complexity index is 509. The number of benzene rings is 1. The molecular formula is C12H17O6P. The molecule has 0 aromatic heterocycles. The lowest BCUT2D eigenvalue weighted by molar-refractivity contribution is 0.0642. The van der Waals surface area contributed by atoms with Crippen LogP contribution in [0.1, 0.15) is 42.1 Å².